The summed E-state index contributed by atoms with van der Waals surface area (Å²) < 4.78 is 5.05. The number of hydrogen-bond donors (Lipinski definition) is 1. The Balaban J connectivity index is 2.39. The molecule has 9 heavy (non-hydrogen) atoms. The smallest absolute Gasteiger partial charge is 0.308 e. The average molecular weight is 130 g/mol. The number of carboxylic acids is 1. The van der Waals surface area contributed by atoms with Crippen LogP contribution in [0.4, 0.5) is 0 Å². The molecule has 0 unspecified atom stereocenters. The molecular formula is C6H10O3. The number of aliphatic carboxylic acids is 1. The largest absolute Gasteiger partial charge is 0.481 e. The van der Waals surface area contributed by atoms with Gasteiger partial charge in [-0.25, -0.2) is 0 Å². The van der Waals surface area contributed by atoms with Gasteiger partial charge < -0.3 is 9.84 Å². The van der Waals surface area contributed by atoms with Crippen LogP contribution in [0.15, 0.2) is 0 Å². The number of hydrogen-bond acceptors (Lipinski definition) is 2. The van der Waals surface area contributed by atoms with Gasteiger partial charge in [-0.3, -0.25) is 4.79 Å². The lowest BCUT2D eigenvalue weighted by atomic mass is 10.1. The van der Waals surface area contributed by atoms with Crippen molar-refractivity contribution in [2.45, 2.75) is 19.4 Å². The van der Waals surface area contributed by atoms with Gasteiger partial charge in [-0.15, -0.1) is 0 Å². The zero-order valence-corrected chi connectivity index (χ0v) is 5.33. The molecule has 1 saturated heterocycles. The van der Waals surface area contributed by atoms with E-state index in [1.165, 1.54) is 0 Å². The molecule has 0 aliphatic carbocycles. The van der Waals surface area contributed by atoms with Gasteiger partial charge in [0, 0.05) is 0 Å². The Morgan fingerprint density at radius 3 is 2.67 bits per heavy atom. The minimum absolute atomic E-state index is 0.131. The summed E-state index contributed by atoms with van der Waals surface area (Å²) in [6, 6.07) is 0. The summed E-state index contributed by atoms with van der Waals surface area (Å²) in [6.07, 6.45) is 0.793. The highest BCUT2D eigenvalue weighted by Crippen LogP contribution is 2.18. The second-order valence-electron chi connectivity index (χ2n) is 2.41. The van der Waals surface area contributed by atoms with Gasteiger partial charge in [0.2, 0.25) is 0 Å². The van der Waals surface area contributed by atoms with E-state index in [2.05, 4.69) is 0 Å². The SMILES string of the molecule is C[C@H]1C[C@@H](C(=O)O)CO1. The van der Waals surface area contributed by atoms with E-state index in [9.17, 15) is 4.79 Å². The molecule has 0 aromatic carbocycles. The summed E-state index contributed by atoms with van der Waals surface area (Å²) in [5.74, 6) is -1.00. The molecule has 2 atom stereocenters. The van der Waals surface area contributed by atoms with Crippen molar-refractivity contribution >= 4 is 5.97 Å². The third-order valence-electron chi connectivity index (χ3n) is 1.55. The first-order valence-electron chi connectivity index (χ1n) is 3.04. The molecule has 1 aliphatic heterocycles. The fraction of sp³-hybridized carbons (Fsp3) is 0.833. The van der Waals surface area contributed by atoms with E-state index in [0.29, 0.717) is 13.0 Å². The summed E-state index contributed by atoms with van der Waals surface area (Å²) in [7, 11) is 0. The van der Waals surface area contributed by atoms with E-state index in [1.807, 2.05) is 6.92 Å². The molecule has 0 saturated carbocycles. The van der Waals surface area contributed by atoms with E-state index < -0.39 is 5.97 Å². The summed E-state index contributed by atoms with van der Waals surface area (Å²) in [5.41, 5.74) is 0. The first-order chi connectivity index (χ1) is 4.20. The van der Waals surface area contributed by atoms with Gasteiger partial charge in [0.1, 0.15) is 0 Å². The lowest BCUT2D eigenvalue weighted by molar-refractivity contribution is -0.141. The molecule has 1 fully saturated rings. The summed E-state index contributed by atoms with van der Waals surface area (Å²) >= 11 is 0. The highest BCUT2D eigenvalue weighted by atomic mass is 16.5. The van der Waals surface area contributed by atoms with Crippen LogP contribution in [0.5, 0.6) is 0 Å². The Kier molecular flexibility index (Phi) is 1.71. The highest BCUT2D eigenvalue weighted by molar-refractivity contribution is 5.70. The van der Waals surface area contributed by atoms with Gasteiger partial charge in [-0.05, 0) is 13.3 Å². The number of rotatable bonds is 1. The fourth-order valence-electron chi connectivity index (χ4n) is 0.989. The van der Waals surface area contributed by atoms with E-state index in [4.69, 9.17) is 9.84 Å². The molecule has 0 spiro atoms. The molecule has 52 valence electrons. The number of ether oxygens (including phenoxy) is 1. The van der Waals surface area contributed by atoms with Crippen LogP contribution in [0.25, 0.3) is 0 Å². The van der Waals surface area contributed by atoms with Crippen molar-refractivity contribution in [3.05, 3.63) is 0 Å². The van der Waals surface area contributed by atoms with Crippen LogP contribution in [0.1, 0.15) is 13.3 Å². The maximum Gasteiger partial charge on any atom is 0.308 e. The van der Waals surface area contributed by atoms with Crippen LogP contribution in [0, 0.1) is 5.92 Å². The van der Waals surface area contributed by atoms with Crippen LogP contribution in [-0.2, 0) is 9.53 Å². The van der Waals surface area contributed by atoms with Crippen molar-refractivity contribution in [3.63, 3.8) is 0 Å². The van der Waals surface area contributed by atoms with Gasteiger partial charge in [0.25, 0.3) is 0 Å². The normalized spacial score (nSPS) is 34.8. The van der Waals surface area contributed by atoms with Crippen LogP contribution in [-0.4, -0.2) is 23.8 Å². The zero-order valence-electron chi connectivity index (χ0n) is 5.33. The van der Waals surface area contributed by atoms with Gasteiger partial charge in [0.05, 0.1) is 18.6 Å². The lowest BCUT2D eigenvalue weighted by Gasteiger charge is -1.96. The first kappa shape index (κ1) is 6.55. The quantitative estimate of drug-likeness (QED) is 0.562. The van der Waals surface area contributed by atoms with Crippen molar-refractivity contribution < 1.29 is 14.6 Å². The minimum atomic E-state index is -0.737. The van der Waals surface area contributed by atoms with Crippen LogP contribution < -0.4 is 0 Å². The average Bonchev–Trinajstić information content (AvgIpc) is 2.14. The Morgan fingerprint density at radius 1 is 1.78 bits per heavy atom. The van der Waals surface area contributed by atoms with Crippen molar-refractivity contribution in [2.75, 3.05) is 6.61 Å². The van der Waals surface area contributed by atoms with Crippen molar-refractivity contribution in [3.8, 4) is 0 Å². The molecule has 0 bridgehead atoms. The Morgan fingerprint density at radius 2 is 2.44 bits per heavy atom. The predicted molar refractivity (Wildman–Crippen MR) is 31.2 cm³/mol. The zero-order chi connectivity index (χ0) is 6.85. The van der Waals surface area contributed by atoms with E-state index in [-0.39, 0.29) is 12.0 Å². The van der Waals surface area contributed by atoms with Crippen molar-refractivity contribution in [2.24, 2.45) is 5.92 Å². The molecule has 0 amide bonds. The number of carboxylic acid groups (broad SMARTS) is 1. The standard InChI is InChI=1S/C6H10O3/c1-4-2-5(3-9-4)6(7)8/h4-5H,2-3H2,1H3,(H,7,8)/t4-,5+/m0/s1. The topological polar surface area (TPSA) is 46.5 Å². The third kappa shape index (κ3) is 1.42. The summed E-state index contributed by atoms with van der Waals surface area (Å²) in [4.78, 5) is 10.3. The molecule has 1 heterocycles. The predicted octanol–water partition coefficient (Wildman–Crippen LogP) is 0.496. The lowest BCUT2D eigenvalue weighted by Crippen LogP contribution is -2.12. The molecule has 3 nitrogen and oxygen atoms in total. The van der Waals surface area contributed by atoms with E-state index >= 15 is 0 Å². The van der Waals surface area contributed by atoms with Gasteiger partial charge in [0.15, 0.2) is 0 Å². The number of carbonyl (C=O) groups is 1. The molecular weight excluding hydrogens is 120 g/mol. The summed E-state index contributed by atoms with van der Waals surface area (Å²) in [5, 5.41) is 8.45. The minimum Gasteiger partial charge on any atom is -0.481 e. The van der Waals surface area contributed by atoms with Gasteiger partial charge in [-0.2, -0.15) is 0 Å². The maximum atomic E-state index is 10.3. The van der Waals surface area contributed by atoms with Gasteiger partial charge in [-0.1, -0.05) is 0 Å². The highest BCUT2D eigenvalue weighted by Gasteiger charge is 2.27. The van der Waals surface area contributed by atoms with E-state index in [0.717, 1.165) is 0 Å². The molecule has 0 aromatic rings. The third-order valence-corrected chi connectivity index (χ3v) is 1.55. The Labute approximate surface area is 53.6 Å². The molecule has 1 rings (SSSR count). The van der Waals surface area contributed by atoms with E-state index in [1.54, 1.807) is 0 Å². The monoisotopic (exact) mass is 130 g/mol. The van der Waals surface area contributed by atoms with Crippen LogP contribution in [0.2, 0.25) is 0 Å². The van der Waals surface area contributed by atoms with Crippen molar-refractivity contribution in [1.29, 1.82) is 0 Å². The summed E-state index contributed by atoms with van der Waals surface area (Å²) in [6.45, 7) is 2.28. The van der Waals surface area contributed by atoms with Crippen molar-refractivity contribution in [1.82, 2.24) is 0 Å². The molecule has 1 N–H and O–H groups in total. The second kappa shape index (κ2) is 2.35. The molecule has 3 heteroatoms. The van der Waals surface area contributed by atoms with Crippen LogP contribution >= 0.6 is 0 Å². The van der Waals surface area contributed by atoms with Gasteiger partial charge >= 0.3 is 5.97 Å². The first-order valence-corrected chi connectivity index (χ1v) is 3.04. The molecule has 0 radical (unpaired) electrons. The Bertz CT molecular complexity index is 121. The second-order valence-corrected chi connectivity index (χ2v) is 2.41. The fourth-order valence-corrected chi connectivity index (χ4v) is 0.989. The Hall–Kier alpha value is -0.570. The molecule has 0 aromatic heterocycles. The maximum absolute atomic E-state index is 10.3. The van der Waals surface area contributed by atoms with Crippen LogP contribution in [0.3, 0.4) is 0 Å². The molecule has 1 aliphatic rings.